The van der Waals surface area contributed by atoms with E-state index in [-0.39, 0.29) is 5.78 Å². The lowest BCUT2D eigenvalue weighted by Gasteiger charge is -2.11. The molecule has 23 heavy (non-hydrogen) atoms. The SMILES string of the molecule is CCOc1cc(C(=O)c2cc(OC)cc(OC)c2)ccc1OC. The van der Waals surface area contributed by atoms with E-state index in [0.29, 0.717) is 40.7 Å². The van der Waals surface area contributed by atoms with Crippen LogP contribution < -0.4 is 18.9 Å². The minimum Gasteiger partial charge on any atom is -0.497 e. The van der Waals surface area contributed by atoms with Gasteiger partial charge in [-0.1, -0.05) is 0 Å². The van der Waals surface area contributed by atoms with Gasteiger partial charge in [-0.15, -0.1) is 0 Å². The van der Waals surface area contributed by atoms with Crippen LogP contribution in [0.1, 0.15) is 22.8 Å². The van der Waals surface area contributed by atoms with Crippen molar-refractivity contribution >= 4 is 5.78 Å². The fourth-order valence-corrected chi connectivity index (χ4v) is 2.19. The molecule has 5 heteroatoms. The van der Waals surface area contributed by atoms with Gasteiger partial charge in [0.2, 0.25) is 0 Å². The van der Waals surface area contributed by atoms with Crippen molar-refractivity contribution < 1.29 is 23.7 Å². The molecule has 0 aromatic heterocycles. The summed E-state index contributed by atoms with van der Waals surface area (Å²) >= 11 is 0. The minimum absolute atomic E-state index is 0.147. The Kier molecular flexibility index (Phi) is 5.46. The zero-order chi connectivity index (χ0) is 16.8. The third-order valence-corrected chi connectivity index (χ3v) is 3.34. The Balaban J connectivity index is 2.42. The molecular formula is C18H20O5. The molecule has 0 unspecified atom stereocenters. The van der Waals surface area contributed by atoms with Crippen LogP contribution in [0.5, 0.6) is 23.0 Å². The summed E-state index contributed by atoms with van der Waals surface area (Å²) < 4.78 is 21.2. The molecule has 0 saturated heterocycles. The van der Waals surface area contributed by atoms with Crippen LogP contribution in [0.15, 0.2) is 36.4 Å². The van der Waals surface area contributed by atoms with Gasteiger partial charge in [-0.3, -0.25) is 4.79 Å². The topological polar surface area (TPSA) is 54.0 Å². The second kappa shape index (κ2) is 7.54. The van der Waals surface area contributed by atoms with E-state index in [4.69, 9.17) is 18.9 Å². The molecule has 122 valence electrons. The van der Waals surface area contributed by atoms with E-state index in [0.717, 1.165) is 0 Å². The van der Waals surface area contributed by atoms with Gasteiger partial charge in [-0.25, -0.2) is 0 Å². The smallest absolute Gasteiger partial charge is 0.193 e. The lowest BCUT2D eigenvalue weighted by molar-refractivity contribution is 0.103. The number of hydrogen-bond acceptors (Lipinski definition) is 5. The highest BCUT2D eigenvalue weighted by Gasteiger charge is 2.15. The monoisotopic (exact) mass is 316 g/mol. The van der Waals surface area contributed by atoms with E-state index >= 15 is 0 Å². The zero-order valence-corrected chi connectivity index (χ0v) is 13.7. The number of carbonyl (C=O) groups excluding carboxylic acids is 1. The van der Waals surface area contributed by atoms with Crippen LogP contribution in [0.25, 0.3) is 0 Å². The summed E-state index contributed by atoms with van der Waals surface area (Å²) in [7, 11) is 4.65. The molecule has 0 bridgehead atoms. The standard InChI is InChI=1S/C18H20O5/c1-5-23-17-10-12(6-7-16(17)22-4)18(19)13-8-14(20-2)11-15(9-13)21-3/h6-11H,5H2,1-4H3. The second-order valence-corrected chi connectivity index (χ2v) is 4.73. The Hall–Kier alpha value is -2.69. The van der Waals surface area contributed by atoms with Crippen LogP contribution in [0.2, 0.25) is 0 Å². The summed E-state index contributed by atoms with van der Waals surface area (Å²) in [6.07, 6.45) is 0. The maximum atomic E-state index is 12.7. The molecule has 0 radical (unpaired) electrons. The largest absolute Gasteiger partial charge is 0.497 e. The van der Waals surface area contributed by atoms with Crippen molar-refractivity contribution in [3.05, 3.63) is 47.5 Å². The lowest BCUT2D eigenvalue weighted by atomic mass is 10.0. The van der Waals surface area contributed by atoms with E-state index in [2.05, 4.69) is 0 Å². The van der Waals surface area contributed by atoms with Crippen LogP contribution in [0, 0.1) is 0 Å². The number of ether oxygens (including phenoxy) is 4. The first-order chi connectivity index (χ1) is 11.1. The molecular weight excluding hydrogens is 296 g/mol. The maximum absolute atomic E-state index is 12.7. The predicted octanol–water partition coefficient (Wildman–Crippen LogP) is 3.34. The van der Waals surface area contributed by atoms with Gasteiger partial charge < -0.3 is 18.9 Å². The van der Waals surface area contributed by atoms with Crippen LogP contribution in [-0.4, -0.2) is 33.7 Å². The van der Waals surface area contributed by atoms with Gasteiger partial charge in [-0.05, 0) is 37.3 Å². The first-order valence-corrected chi connectivity index (χ1v) is 7.21. The van der Waals surface area contributed by atoms with Gasteiger partial charge in [0.25, 0.3) is 0 Å². The zero-order valence-electron chi connectivity index (χ0n) is 13.7. The molecule has 0 atom stereocenters. The number of ketones is 1. The first kappa shape index (κ1) is 16.7. The molecule has 0 amide bonds. The minimum atomic E-state index is -0.147. The summed E-state index contributed by atoms with van der Waals surface area (Å²) in [4.78, 5) is 12.7. The number of methoxy groups -OCH3 is 3. The van der Waals surface area contributed by atoms with Crippen molar-refractivity contribution in [2.45, 2.75) is 6.92 Å². The highest BCUT2D eigenvalue weighted by molar-refractivity contribution is 6.09. The fraction of sp³-hybridized carbons (Fsp3) is 0.278. The normalized spacial score (nSPS) is 10.1. The van der Waals surface area contributed by atoms with E-state index in [9.17, 15) is 4.79 Å². The number of carbonyl (C=O) groups is 1. The number of benzene rings is 2. The van der Waals surface area contributed by atoms with Gasteiger partial charge in [0, 0.05) is 17.2 Å². The Bertz CT molecular complexity index is 672. The molecule has 0 spiro atoms. The van der Waals surface area contributed by atoms with Gasteiger partial charge in [0.05, 0.1) is 27.9 Å². The van der Waals surface area contributed by atoms with Gasteiger partial charge in [0.15, 0.2) is 17.3 Å². The van der Waals surface area contributed by atoms with Crippen molar-refractivity contribution in [1.82, 2.24) is 0 Å². The molecule has 5 nitrogen and oxygen atoms in total. The highest BCUT2D eigenvalue weighted by atomic mass is 16.5. The third-order valence-electron chi connectivity index (χ3n) is 3.34. The van der Waals surface area contributed by atoms with Crippen molar-refractivity contribution in [3.8, 4) is 23.0 Å². The second-order valence-electron chi connectivity index (χ2n) is 4.73. The summed E-state index contributed by atoms with van der Waals surface area (Å²) in [5, 5.41) is 0. The molecule has 0 saturated carbocycles. The average molecular weight is 316 g/mol. The molecule has 2 aromatic carbocycles. The highest BCUT2D eigenvalue weighted by Crippen LogP contribution is 2.30. The summed E-state index contributed by atoms with van der Waals surface area (Å²) in [5.74, 6) is 2.10. The van der Waals surface area contributed by atoms with Crippen LogP contribution in [0.3, 0.4) is 0 Å². The van der Waals surface area contributed by atoms with Gasteiger partial charge in [-0.2, -0.15) is 0 Å². The molecule has 2 rings (SSSR count). The average Bonchev–Trinajstić information content (AvgIpc) is 2.60. The summed E-state index contributed by atoms with van der Waals surface area (Å²) in [6.45, 7) is 2.36. The summed E-state index contributed by atoms with van der Waals surface area (Å²) in [6, 6.07) is 10.2. The van der Waals surface area contributed by atoms with Gasteiger partial charge in [0.1, 0.15) is 11.5 Å². The predicted molar refractivity (Wildman–Crippen MR) is 87.1 cm³/mol. The fourth-order valence-electron chi connectivity index (χ4n) is 2.19. The van der Waals surface area contributed by atoms with E-state index in [1.54, 1.807) is 57.7 Å². The van der Waals surface area contributed by atoms with E-state index in [1.165, 1.54) is 0 Å². The molecule has 0 aliphatic carbocycles. The van der Waals surface area contributed by atoms with Crippen molar-refractivity contribution in [2.24, 2.45) is 0 Å². The Morgan fingerprint density at radius 1 is 0.826 bits per heavy atom. The van der Waals surface area contributed by atoms with Gasteiger partial charge >= 0.3 is 0 Å². The van der Waals surface area contributed by atoms with Crippen LogP contribution >= 0.6 is 0 Å². The molecule has 0 aliphatic heterocycles. The molecule has 0 N–H and O–H groups in total. The van der Waals surface area contributed by atoms with Crippen LogP contribution in [0.4, 0.5) is 0 Å². The lowest BCUT2D eigenvalue weighted by Crippen LogP contribution is -2.04. The molecule has 0 aliphatic rings. The van der Waals surface area contributed by atoms with Crippen molar-refractivity contribution in [2.75, 3.05) is 27.9 Å². The Morgan fingerprint density at radius 2 is 1.48 bits per heavy atom. The van der Waals surface area contributed by atoms with E-state index in [1.807, 2.05) is 6.92 Å². The Labute approximate surface area is 135 Å². The van der Waals surface area contributed by atoms with Crippen molar-refractivity contribution in [3.63, 3.8) is 0 Å². The van der Waals surface area contributed by atoms with E-state index < -0.39 is 0 Å². The third kappa shape index (κ3) is 3.74. The Morgan fingerprint density at radius 3 is 2.00 bits per heavy atom. The molecule has 0 heterocycles. The van der Waals surface area contributed by atoms with Crippen LogP contribution in [-0.2, 0) is 0 Å². The molecule has 2 aromatic rings. The first-order valence-electron chi connectivity index (χ1n) is 7.21. The maximum Gasteiger partial charge on any atom is 0.193 e. The number of hydrogen-bond donors (Lipinski definition) is 0. The number of rotatable bonds is 7. The van der Waals surface area contributed by atoms with Crippen molar-refractivity contribution in [1.29, 1.82) is 0 Å². The summed E-state index contributed by atoms with van der Waals surface area (Å²) in [5.41, 5.74) is 0.985. The quantitative estimate of drug-likeness (QED) is 0.733. The molecule has 0 fully saturated rings.